The Balaban J connectivity index is 2.27. The van der Waals surface area contributed by atoms with Crippen LogP contribution in [0.1, 0.15) is 32.3 Å². The van der Waals surface area contributed by atoms with Gasteiger partial charge >= 0.3 is 6.03 Å². The molecule has 0 radical (unpaired) electrons. The Hall–Kier alpha value is -1.69. The van der Waals surface area contributed by atoms with Crippen molar-refractivity contribution in [2.45, 2.75) is 39.3 Å². The third-order valence-corrected chi connectivity index (χ3v) is 3.85. The highest BCUT2D eigenvalue weighted by atomic mass is 19.2. The monoisotopic (exact) mass is 327 g/mol. The summed E-state index contributed by atoms with van der Waals surface area (Å²) in [5, 5.41) is 2.83. The van der Waals surface area contributed by atoms with Gasteiger partial charge in [0.05, 0.1) is 0 Å². The van der Waals surface area contributed by atoms with Crippen molar-refractivity contribution in [3.8, 4) is 0 Å². The molecule has 1 rings (SSSR count). The van der Waals surface area contributed by atoms with Gasteiger partial charge < -0.3 is 15.1 Å². The van der Waals surface area contributed by atoms with E-state index in [1.165, 1.54) is 11.0 Å². The van der Waals surface area contributed by atoms with E-state index in [9.17, 15) is 13.6 Å². The van der Waals surface area contributed by atoms with E-state index in [4.69, 9.17) is 0 Å². The summed E-state index contributed by atoms with van der Waals surface area (Å²) in [6, 6.07) is 3.96. The minimum atomic E-state index is -0.898. The molecule has 6 heteroatoms. The molecule has 4 nitrogen and oxygen atoms in total. The molecule has 0 aliphatic heterocycles. The maximum atomic E-state index is 13.1. The van der Waals surface area contributed by atoms with E-state index in [-0.39, 0.29) is 12.6 Å². The molecule has 0 heterocycles. The predicted octanol–water partition coefficient (Wildman–Crippen LogP) is 3.23. The van der Waals surface area contributed by atoms with Gasteiger partial charge in [-0.25, -0.2) is 13.6 Å². The number of urea groups is 1. The molecule has 1 aromatic carbocycles. The summed E-state index contributed by atoms with van der Waals surface area (Å²) in [5.74, 6) is -1.78. The maximum Gasteiger partial charge on any atom is 0.317 e. The molecular formula is C17H27F2N3O. The molecule has 1 N–H and O–H groups in total. The van der Waals surface area contributed by atoms with Crippen LogP contribution >= 0.6 is 0 Å². The van der Waals surface area contributed by atoms with Gasteiger partial charge in [0.15, 0.2) is 11.6 Å². The summed E-state index contributed by atoms with van der Waals surface area (Å²) >= 11 is 0. The Morgan fingerprint density at radius 3 is 2.48 bits per heavy atom. The van der Waals surface area contributed by atoms with E-state index in [2.05, 4.69) is 31.1 Å². The number of hydrogen-bond donors (Lipinski definition) is 1. The quantitative estimate of drug-likeness (QED) is 0.744. The van der Waals surface area contributed by atoms with Crippen LogP contribution in [0.3, 0.4) is 0 Å². The number of nitrogens with one attached hydrogen (secondary N) is 1. The van der Waals surface area contributed by atoms with Gasteiger partial charge in [0.25, 0.3) is 0 Å². The van der Waals surface area contributed by atoms with E-state index in [1.54, 1.807) is 7.05 Å². The second kappa shape index (κ2) is 9.45. The smallest absolute Gasteiger partial charge is 0.317 e. The zero-order chi connectivity index (χ0) is 17.4. The molecule has 0 aliphatic rings. The van der Waals surface area contributed by atoms with Gasteiger partial charge in [-0.05, 0) is 58.0 Å². The zero-order valence-electron chi connectivity index (χ0n) is 14.4. The van der Waals surface area contributed by atoms with Gasteiger partial charge in [0.2, 0.25) is 0 Å². The standard InChI is InChI=1S/C17H27F2N3O/c1-13(2)21(3)10-6-5-9-20-17(23)22(4)12-14-7-8-15(18)16(19)11-14/h7-8,11,13H,5-6,9-10,12H2,1-4H3,(H,20,23). The molecule has 0 unspecified atom stereocenters. The topological polar surface area (TPSA) is 35.6 Å². The van der Waals surface area contributed by atoms with Crippen molar-refractivity contribution in [3.05, 3.63) is 35.4 Å². The lowest BCUT2D eigenvalue weighted by atomic mass is 10.2. The summed E-state index contributed by atoms with van der Waals surface area (Å²) in [6.07, 6.45) is 1.92. The Bertz CT molecular complexity index is 509. The Morgan fingerprint density at radius 2 is 1.87 bits per heavy atom. The molecule has 1 aromatic rings. The Morgan fingerprint density at radius 1 is 1.17 bits per heavy atom. The van der Waals surface area contributed by atoms with Crippen LogP contribution < -0.4 is 5.32 Å². The largest absolute Gasteiger partial charge is 0.338 e. The number of rotatable bonds is 8. The number of nitrogens with zero attached hydrogens (tertiary/aromatic N) is 2. The van der Waals surface area contributed by atoms with E-state index in [0.29, 0.717) is 18.2 Å². The van der Waals surface area contributed by atoms with Crippen LogP contribution in [-0.2, 0) is 6.54 Å². The average Bonchev–Trinajstić information content (AvgIpc) is 2.49. The molecule has 0 atom stereocenters. The first kappa shape index (κ1) is 19.4. The van der Waals surface area contributed by atoms with E-state index < -0.39 is 11.6 Å². The molecular weight excluding hydrogens is 300 g/mol. The molecule has 2 amide bonds. The molecule has 0 spiro atoms. The van der Waals surface area contributed by atoms with Gasteiger partial charge in [-0.15, -0.1) is 0 Å². The molecule has 0 aromatic heterocycles. The van der Waals surface area contributed by atoms with Crippen molar-refractivity contribution in [3.63, 3.8) is 0 Å². The van der Waals surface area contributed by atoms with Crippen LogP contribution in [-0.4, -0.2) is 49.1 Å². The van der Waals surface area contributed by atoms with Crippen LogP contribution in [0.15, 0.2) is 18.2 Å². The van der Waals surface area contributed by atoms with Crippen molar-refractivity contribution in [2.24, 2.45) is 0 Å². The molecule has 0 fully saturated rings. The second-order valence-electron chi connectivity index (χ2n) is 6.12. The van der Waals surface area contributed by atoms with Gasteiger partial charge in [-0.2, -0.15) is 0 Å². The number of hydrogen-bond acceptors (Lipinski definition) is 2. The fourth-order valence-corrected chi connectivity index (χ4v) is 2.06. The fraction of sp³-hybridized carbons (Fsp3) is 0.588. The summed E-state index contributed by atoms with van der Waals surface area (Å²) in [4.78, 5) is 15.7. The van der Waals surface area contributed by atoms with E-state index >= 15 is 0 Å². The molecule has 0 aliphatic carbocycles. The van der Waals surface area contributed by atoms with Gasteiger partial charge in [0.1, 0.15) is 0 Å². The van der Waals surface area contributed by atoms with Crippen LogP contribution in [0.25, 0.3) is 0 Å². The minimum Gasteiger partial charge on any atom is -0.338 e. The summed E-state index contributed by atoms with van der Waals surface area (Å²) in [5.41, 5.74) is 0.556. The number of amides is 2. The molecule has 0 bridgehead atoms. The predicted molar refractivity (Wildman–Crippen MR) is 88.2 cm³/mol. The number of unbranched alkanes of at least 4 members (excludes halogenated alkanes) is 1. The van der Waals surface area contributed by atoms with Crippen LogP contribution in [0, 0.1) is 11.6 Å². The SMILES string of the molecule is CC(C)N(C)CCCCNC(=O)N(C)Cc1ccc(F)c(F)c1. The average molecular weight is 327 g/mol. The molecule has 0 saturated heterocycles. The van der Waals surface area contributed by atoms with Crippen molar-refractivity contribution < 1.29 is 13.6 Å². The first-order valence-corrected chi connectivity index (χ1v) is 7.94. The Labute approximate surface area is 137 Å². The lowest BCUT2D eigenvalue weighted by Crippen LogP contribution is -2.37. The highest BCUT2D eigenvalue weighted by molar-refractivity contribution is 5.73. The van der Waals surface area contributed by atoms with Crippen LogP contribution in [0.5, 0.6) is 0 Å². The van der Waals surface area contributed by atoms with E-state index in [1.807, 2.05) is 0 Å². The van der Waals surface area contributed by atoms with Crippen molar-refractivity contribution in [1.82, 2.24) is 15.1 Å². The maximum absolute atomic E-state index is 13.1. The van der Waals surface area contributed by atoms with E-state index in [0.717, 1.165) is 31.5 Å². The summed E-state index contributed by atoms with van der Waals surface area (Å²) < 4.78 is 26.0. The summed E-state index contributed by atoms with van der Waals surface area (Å²) in [7, 11) is 3.71. The van der Waals surface area contributed by atoms with Crippen molar-refractivity contribution >= 4 is 6.03 Å². The lowest BCUT2D eigenvalue weighted by molar-refractivity contribution is 0.206. The molecule has 130 valence electrons. The van der Waals surface area contributed by atoms with Crippen LogP contribution in [0.2, 0.25) is 0 Å². The van der Waals surface area contributed by atoms with Crippen LogP contribution in [0.4, 0.5) is 13.6 Å². The first-order chi connectivity index (χ1) is 10.8. The lowest BCUT2D eigenvalue weighted by Gasteiger charge is -2.21. The van der Waals surface area contributed by atoms with Gasteiger partial charge in [0, 0.05) is 26.2 Å². The molecule has 23 heavy (non-hydrogen) atoms. The highest BCUT2D eigenvalue weighted by Gasteiger charge is 2.10. The zero-order valence-corrected chi connectivity index (χ0v) is 14.4. The second-order valence-corrected chi connectivity index (χ2v) is 6.12. The van der Waals surface area contributed by atoms with Crippen molar-refractivity contribution in [2.75, 3.05) is 27.2 Å². The minimum absolute atomic E-state index is 0.216. The number of benzene rings is 1. The number of halogens is 2. The fourth-order valence-electron chi connectivity index (χ4n) is 2.06. The normalized spacial score (nSPS) is 11.1. The third-order valence-electron chi connectivity index (χ3n) is 3.85. The third kappa shape index (κ3) is 6.95. The first-order valence-electron chi connectivity index (χ1n) is 7.94. The summed E-state index contributed by atoms with van der Waals surface area (Å²) in [6.45, 7) is 6.13. The Kier molecular flexibility index (Phi) is 7.95. The number of carbonyl (C=O) groups excluding carboxylic acids is 1. The van der Waals surface area contributed by atoms with Crippen molar-refractivity contribution in [1.29, 1.82) is 0 Å². The van der Waals surface area contributed by atoms with Gasteiger partial charge in [-0.3, -0.25) is 0 Å². The molecule has 0 saturated carbocycles. The number of carbonyl (C=O) groups is 1. The highest BCUT2D eigenvalue weighted by Crippen LogP contribution is 2.10. The van der Waals surface area contributed by atoms with Gasteiger partial charge in [-0.1, -0.05) is 6.07 Å².